The lowest BCUT2D eigenvalue weighted by molar-refractivity contribution is -0.137. The van der Waals surface area contributed by atoms with Crippen LogP contribution >= 0.6 is 23.2 Å². The molecule has 0 aromatic heterocycles. The Bertz CT molecular complexity index is 389. The first-order valence-electron chi connectivity index (χ1n) is 4.53. The number of rotatable bonds is 4. The van der Waals surface area contributed by atoms with Crippen LogP contribution in [-0.4, -0.2) is 11.1 Å². The molecule has 0 saturated carbocycles. The monoisotopic (exact) mass is 265 g/mol. The van der Waals surface area contributed by atoms with Gasteiger partial charge < -0.3 is 10.8 Å². The van der Waals surface area contributed by atoms with E-state index in [0.717, 1.165) is 0 Å². The molecule has 0 saturated heterocycles. The summed E-state index contributed by atoms with van der Waals surface area (Å²) in [7, 11) is 0. The van der Waals surface area contributed by atoms with Crippen molar-refractivity contribution in [2.75, 3.05) is 0 Å². The van der Waals surface area contributed by atoms with E-state index in [0.29, 0.717) is 5.56 Å². The molecule has 0 aliphatic rings. The number of halogens is 3. The van der Waals surface area contributed by atoms with Gasteiger partial charge in [0.25, 0.3) is 0 Å². The molecule has 1 aromatic carbocycles. The van der Waals surface area contributed by atoms with Gasteiger partial charge in [-0.3, -0.25) is 4.79 Å². The Morgan fingerprint density at radius 1 is 1.44 bits per heavy atom. The average Bonchev–Trinajstić information content (AvgIpc) is 2.21. The lowest BCUT2D eigenvalue weighted by atomic mass is 10.0. The van der Waals surface area contributed by atoms with Crippen molar-refractivity contribution in [1.29, 1.82) is 0 Å². The Hall–Kier alpha value is -0.840. The van der Waals surface area contributed by atoms with Crippen molar-refractivity contribution in [2.24, 2.45) is 5.73 Å². The molecular weight excluding hydrogens is 256 g/mol. The minimum absolute atomic E-state index is 0.0617. The highest BCUT2D eigenvalue weighted by Gasteiger charge is 2.13. The summed E-state index contributed by atoms with van der Waals surface area (Å²) in [5.74, 6) is -1.63. The van der Waals surface area contributed by atoms with Gasteiger partial charge in [-0.05, 0) is 24.1 Å². The zero-order valence-electron chi connectivity index (χ0n) is 8.21. The summed E-state index contributed by atoms with van der Waals surface area (Å²) in [4.78, 5) is 10.4. The SMILES string of the molecule is NC(CCC(=O)O)c1cc(Cl)c(F)c(Cl)c1. The maximum Gasteiger partial charge on any atom is 0.303 e. The normalized spacial score (nSPS) is 12.5. The second-order valence-corrected chi connectivity index (χ2v) is 4.15. The van der Waals surface area contributed by atoms with E-state index < -0.39 is 17.8 Å². The van der Waals surface area contributed by atoms with E-state index in [-0.39, 0.29) is 22.9 Å². The Morgan fingerprint density at radius 3 is 2.38 bits per heavy atom. The highest BCUT2D eigenvalue weighted by atomic mass is 35.5. The molecule has 0 aliphatic carbocycles. The number of carboxylic acids is 1. The molecule has 88 valence electrons. The van der Waals surface area contributed by atoms with Crippen LogP contribution < -0.4 is 5.73 Å². The smallest absolute Gasteiger partial charge is 0.303 e. The van der Waals surface area contributed by atoms with Gasteiger partial charge in [0.2, 0.25) is 0 Å². The largest absolute Gasteiger partial charge is 0.481 e. The molecule has 6 heteroatoms. The van der Waals surface area contributed by atoms with Gasteiger partial charge in [0.05, 0.1) is 10.0 Å². The van der Waals surface area contributed by atoms with E-state index in [1.807, 2.05) is 0 Å². The fourth-order valence-electron chi connectivity index (χ4n) is 1.23. The molecule has 16 heavy (non-hydrogen) atoms. The van der Waals surface area contributed by atoms with Crippen LogP contribution in [0.4, 0.5) is 4.39 Å². The molecule has 0 spiro atoms. The van der Waals surface area contributed by atoms with Gasteiger partial charge in [0.15, 0.2) is 5.82 Å². The van der Waals surface area contributed by atoms with E-state index >= 15 is 0 Å². The van der Waals surface area contributed by atoms with E-state index in [2.05, 4.69) is 0 Å². The number of nitrogens with two attached hydrogens (primary N) is 1. The maximum absolute atomic E-state index is 13.1. The van der Waals surface area contributed by atoms with Crippen LogP contribution in [0.25, 0.3) is 0 Å². The van der Waals surface area contributed by atoms with Crippen molar-refractivity contribution < 1.29 is 14.3 Å². The quantitative estimate of drug-likeness (QED) is 0.823. The third kappa shape index (κ3) is 3.33. The number of benzene rings is 1. The number of hydrogen-bond donors (Lipinski definition) is 2. The molecule has 0 radical (unpaired) electrons. The average molecular weight is 266 g/mol. The van der Waals surface area contributed by atoms with Gasteiger partial charge in [-0.2, -0.15) is 0 Å². The minimum atomic E-state index is -0.935. The van der Waals surface area contributed by atoms with E-state index in [1.54, 1.807) is 0 Å². The van der Waals surface area contributed by atoms with Crippen LogP contribution in [0.15, 0.2) is 12.1 Å². The molecule has 0 fully saturated rings. The topological polar surface area (TPSA) is 63.3 Å². The van der Waals surface area contributed by atoms with E-state index in [1.165, 1.54) is 12.1 Å². The predicted molar refractivity (Wildman–Crippen MR) is 60.2 cm³/mol. The summed E-state index contributed by atoms with van der Waals surface area (Å²) in [5.41, 5.74) is 6.25. The first-order valence-corrected chi connectivity index (χ1v) is 5.29. The summed E-state index contributed by atoms with van der Waals surface area (Å²) in [6, 6.07) is 2.19. The molecular formula is C10H10Cl2FNO2. The van der Waals surface area contributed by atoms with Gasteiger partial charge in [-0.15, -0.1) is 0 Å². The van der Waals surface area contributed by atoms with Crippen LogP contribution in [0.3, 0.4) is 0 Å². The molecule has 0 amide bonds. The Morgan fingerprint density at radius 2 is 1.94 bits per heavy atom. The fourth-order valence-corrected chi connectivity index (χ4v) is 1.74. The van der Waals surface area contributed by atoms with Crippen LogP contribution in [0, 0.1) is 5.82 Å². The van der Waals surface area contributed by atoms with Crippen molar-refractivity contribution in [1.82, 2.24) is 0 Å². The molecule has 3 N–H and O–H groups in total. The zero-order chi connectivity index (χ0) is 12.3. The third-order valence-corrected chi connectivity index (χ3v) is 2.65. The first kappa shape index (κ1) is 13.2. The van der Waals surface area contributed by atoms with Crippen molar-refractivity contribution in [3.8, 4) is 0 Å². The Balaban J connectivity index is 2.84. The highest BCUT2D eigenvalue weighted by molar-refractivity contribution is 6.35. The van der Waals surface area contributed by atoms with E-state index in [9.17, 15) is 9.18 Å². The van der Waals surface area contributed by atoms with Crippen molar-refractivity contribution in [2.45, 2.75) is 18.9 Å². The second kappa shape index (κ2) is 5.48. The van der Waals surface area contributed by atoms with Crippen molar-refractivity contribution >= 4 is 29.2 Å². The highest BCUT2D eigenvalue weighted by Crippen LogP contribution is 2.28. The van der Waals surface area contributed by atoms with E-state index in [4.69, 9.17) is 34.0 Å². The number of carbonyl (C=O) groups is 1. The Labute approximate surface area is 102 Å². The zero-order valence-corrected chi connectivity index (χ0v) is 9.72. The molecule has 1 rings (SSSR count). The second-order valence-electron chi connectivity index (χ2n) is 3.34. The number of carboxylic acid groups (broad SMARTS) is 1. The number of hydrogen-bond acceptors (Lipinski definition) is 2. The summed E-state index contributed by atoms with van der Waals surface area (Å²) < 4.78 is 13.1. The molecule has 3 nitrogen and oxygen atoms in total. The summed E-state index contributed by atoms with van der Waals surface area (Å²) >= 11 is 11.2. The molecule has 1 aromatic rings. The van der Waals surface area contributed by atoms with Crippen molar-refractivity contribution in [3.63, 3.8) is 0 Å². The molecule has 0 aliphatic heterocycles. The van der Waals surface area contributed by atoms with Crippen LogP contribution in [0.1, 0.15) is 24.4 Å². The summed E-state index contributed by atoms with van der Waals surface area (Å²) in [5, 5.41) is 8.26. The molecule has 0 bridgehead atoms. The van der Waals surface area contributed by atoms with Gasteiger partial charge in [-0.25, -0.2) is 4.39 Å². The van der Waals surface area contributed by atoms with Crippen molar-refractivity contribution in [3.05, 3.63) is 33.6 Å². The Kier molecular flexibility index (Phi) is 4.53. The lowest BCUT2D eigenvalue weighted by Gasteiger charge is -2.12. The lowest BCUT2D eigenvalue weighted by Crippen LogP contribution is -2.12. The van der Waals surface area contributed by atoms with Gasteiger partial charge in [-0.1, -0.05) is 23.2 Å². The maximum atomic E-state index is 13.1. The van der Waals surface area contributed by atoms with Gasteiger partial charge >= 0.3 is 5.97 Å². The molecule has 1 atom stereocenters. The van der Waals surface area contributed by atoms with Gasteiger partial charge in [0.1, 0.15) is 0 Å². The molecule has 1 unspecified atom stereocenters. The number of aliphatic carboxylic acids is 1. The third-order valence-electron chi connectivity index (χ3n) is 2.10. The van der Waals surface area contributed by atoms with Crippen LogP contribution in [0.2, 0.25) is 10.0 Å². The first-order chi connectivity index (χ1) is 7.41. The summed E-state index contributed by atoms with van der Waals surface area (Å²) in [6.07, 6.45) is 0.182. The fraction of sp³-hybridized carbons (Fsp3) is 0.300. The van der Waals surface area contributed by atoms with Gasteiger partial charge in [0, 0.05) is 12.5 Å². The minimum Gasteiger partial charge on any atom is -0.481 e. The van der Waals surface area contributed by atoms with Crippen LogP contribution in [0.5, 0.6) is 0 Å². The van der Waals surface area contributed by atoms with Crippen LogP contribution in [-0.2, 0) is 4.79 Å². The standard InChI is InChI=1S/C10H10Cl2FNO2/c11-6-3-5(4-7(12)10(6)13)8(14)1-2-9(15)16/h3-4,8H,1-2,14H2,(H,15,16). The predicted octanol–water partition coefficient (Wildman–Crippen LogP) is 3.00. The molecule has 0 heterocycles. The summed E-state index contributed by atoms with van der Waals surface area (Å²) in [6.45, 7) is 0.